The third kappa shape index (κ3) is 3.56. The molecule has 0 amide bonds. The Bertz CT molecular complexity index is 299. The van der Waals surface area contributed by atoms with Crippen LogP contribution in [0.5, 0.6) is 0 Å². The van der Waals surface area contributed by atoms with Crippen molar-refractivity contribution < 1.29 is 8.42 Å². The third-order valence-electron chi connectivity index (χ3n) is 2.15. The van der Waals surface area contributed by atoms with Gasteiger partial charge in [0.05, 0.1) is 0 Å². The second kappa shape index (κ2) is 4.91. The second-order valence-electron chi connectivity index (χ2n) is 3.35. The van der Waals surface area contributed by atoms with E-state index in [1.807, 2.05) is 4.67 Å². The van der Waals surface area contributed by atoms with Crippen LogP contribution in [0.1, 0.15) is 6.42 Å². The van der Waals surface area contributed by atoms with E-state index in [0.29, 0.717) is 11.8 Å². The Morgan fingerprint density at radius 2 is 2.21 bits per heavy atom. The first-order valence-electron chi connectivity index (χ1n) is 4.05. The van der Waals surface area contributed by atoms with Crippen molar-refractivity contribution in [2.75, 3.05) is 13.1 Å². The molecule has 4 unspecified atom stereocenters. The molecule has 1 heterocycles. The molecule has 5 nitrogen and oxygen atoms in total. The van der Waals surface area contributed by atoms with Crippen LogP contribution < -0.4 is 5.14 Å². The van der Waals surface area contributed by atoms with Crippen LogP contribution in [0.4, 0.5) is 0 Å². The molecule has 9 heteroatoms. The second-order valence-corrected chi connectivity index (χ2v) is 7.24. The van der Waals surface area contributed by atoms with Gasteiger partial charge >= 0.3 is 0 Å². The zero-order valence-electron chi connectivity index (χ0n) is 7.57. The van der Waals surface area contributed by atoms with E-state index in [1.165, 1.54) is 0 Å². The molecule has 14 heavy (non-hydrogen) atoms. The van der Waals surface area contributed by atoms with Gasteiger partial charge in [-0.1, -0.05) is 9.39 Å². The van der Waals surface area contributed by atoms with Gasteiger partial charge in [-0.15, -0.1) is 0 Å². The summed E-state index contributed by atoms with van der Waals surface area (Å²) < 4.78 is 25.0. The van der Waals surface area contributed by atoms with E-state index in [9.17, 15) is 8.42 Å². The molecule has 0 spiro atoms. The topological polar surface area (TPSA) is 66.6 Å². The fourth-order valence-corrected chi connectivity index (χ4v) is 3.11. The predicted molar refractivity (Wildman–Crippen MR) is 67.1 cm³/mol. The molecule has 0 aliphatic carbocycles. The molecule has 1 saturated heterocycles. The van der Waals surface area contributed by atoms with Crippen LogP contribution >= 0.6 is 31.4 Å². The lowest BCUT2D eigenvalue weighted by Gasteiger charge is -2.23. The maximum atomic E-state index is 10.9. The normalized spacial score (nSPS) is 30.1. The minimum Gasteiger partial charge on any atom is -0.282 e. The highest BCUT2D eigenvalue weighted by Crippen LogP contribution is 2.26. The van der Waals surface area contributed by atoms with Crippen LogP contribution in [0, 0.1) is 0 Å². The van der Waals surface area contributed by atoms with E-state index in [2.05, 4.69) is 31.4 Å². The minimum atomic E-state index is -3.60. The summed E-state index contributed by atoms with van der Waals surface area (Å²) in [6.45, 7) is 1.23. The van der Waals surface area contributed by atoms with Gasteiger partial charge in [-0.2, -0.15) is 25.1 Å². The maximum Gasteiger partial charge on any atom is 0.279 e. The number of hydrogen-bond acceptors (Lipinski definition) is 4. The van der Waals surface area contributed by atoms with E-state index in [-0.39, 0.29) is 6.04 Å². The molecule has 1 rings (SSSR count). The van der Waals surface area contributed by atoms with Gasteiger partial charge in [-0.3, -0.25) is 4.67 Å². The molecule has 1 aliphatic rings. The molecule has 1 aliphatic heterocycles. The zero-order chi connectivity index (χ0) is 10.9. The van der Waals surface area contributed by atoms with E-state index >= 15 is 0 Å². The summed E-state index contributed by atoms with van der Waals surface area (Å²) in [5, 5.41) is 5.27. The summed E-state index contributed by atoms with van der Waals surface area (Å²) in [4.78, 5) is 0. The van der Waals surface area contributed by atoms with Gasteiger partial charge in [0.2, 0.25) is 0 Å². The molecule has 1 fully saturated rings. The Labute approximate surface area is 94.9 Å². The molecular formula is C5H15N3O2P2S2. The van der Waals surface area contributed by atoms with Crippen LogP contribution in [0.2, 0.25) is 0 Å². The summed E-state index contributed by atoms with van der Waals surface area (Å²) in [6.07, 6.45) is 0.868. The van der Waals surface area contributed by atoms with E-state index in [1.54, 1.807) is 0 Å². The highest BCUT2D eigenvalue weighted by molar-refractivity contribution is 7.89. The quantitative estimate of drug-likeness (QED) is 0.536. The van der Waals surface area contributed by atoms with Crippen molar-refractivity contribution in [2.45, 2.75) is 17.7 Å². The molecule has 2 N–H and O–H groups in total. The summed E-state index contributed by atoms with van der Waals surface area (Å²) >= 11 is 4.34. The maximum absolute atomic E-state index is 10.9. The Kier molecular flexibility index (Phi) is 4.60. The molecule has 0 aromatic rings. The van der Waals surface area contributed by atoms with Crippen molar-refractivity contribution in [3.05, 3.63) is 0 Å². The summed E-state index contributed by atoms with van der Waals surface area (Å²) in [5.74, 6) is 0. The Balaban J connectivity index is 2.53. The lowest BCUT2D eigenvalue weighted by atomic mass is 10.2. The van der Waals surface area contributed by atoms with Crippen molar-refractivity contribution in [1.29, 1.82) is 0 Å². The minimum absolute atomic E-state index is 0.165. The molecule has 0 aromatic carbocycles. The van der Waals surface area contributed by atoms with E-state index in [4.69, 9.17) is 5.14 Å². The van der Waals surface area contributed by atoms with Crippen LogP contribution in [-0.4, -0.2) is 41.5 Å². The van der Waals surface area contributed by atoms with Crippen LogP contribution in [-0.2, 0) is 10.2 Å². The lowest BCUT2D eigenvalue weighted by Crippen LogP contribution is -2.37. The number of thiol groups is 1. The Morgan fingerprint density at radius 1 is 1.64 bits per heavy atom. The lowest BCUT2D eigenvalue weighted by molar-refractivity contribution is 0.393. The standard InChI is InChI=1S/C5H15N3O2P2S2/c6-14(9,10)8(12)2-4-1-5(13)3-7(4)11/h4-5,13H,1-3,11-12H2,(H2,6,9,10). The fourth-order valence-electron chi connectivity index (χ4n) is 1.41. The number of rotatable bonds is 3. The number of nitrogens with zero attached hydrogens (tertiary/aromatic N) is 2. The van der Waals surface area contributed by atoms with Crippen molar-refractivity contribution >= 4 is 41.6 Å². The van der Waals surface area contributed by atoms with Crippen molar-refractivity contribution in [2.24, 2.45) is 5.14 Å². The highest BCUT2D eigenvalue weighted by atomic mass is 32.2. The van der Waals surface area contributed by atoms with Gasteiger partial charge in [-0.25, -0.2) is 5.14 Å². The molecule has 0 radical (unpaired) electrons. The van der Waals surface area contributed by atoms with Gasteiger partial charge in [0.25, 0.3) is 10.2 Å². The van der Waals surface area contributed by atoms with Crippen LogP contribution in [0.25, 0.3) is 0 Å². The molecular weight excluding hydrogens is 260 g/mol. The molecule has 84 valence electrons. The van der Waals surface area contributed by atoms with Crippen molar-refractivity contribution in [3.8, 4) is 0 Å². The van der Waals surface area contributed by atoms with Crippen LogP contribution in [0.15, 0.2) is 0 Å². The fraction of sp³-hybridized carbons (Fsp3) is 1.00. The predicted octanol–water partition coefficient (Wildman–Crippen LogP) is -0.555. The largest absolute Gasteiger partial charge is 0.282 e. The van der Waals surface area contributed by atoms with Crippen molar-refractivity contribution in [1.82, 2.24) is 8.75 Å². The van der Waals surface area contributed by atoms with Gasteiger partial charge in [0.1, 0.15) is 0 Å². The summed E-state index contributed by atoms with van der Waals surface area (Å²) in [5.41, 5.74) is 0. The smallest absolute Gasteiger partial charge is 0.279 e. The molecule has 0 bridgehead atoms. The summed E-state index contributed by atoms with van der Waals surface area (Å²) in [6, 6.07) is 0.165. The Morgan fingerprint density at radius 3 is 2.57 bits per heavy atom. The van der Waals surface area contributed by atoms with E-state index < -0.39 is 10.2 Å². The third-order valence-corrected chi connectivity index (χ3v) is 5.05. The molecule has 0 aromatic heterocycles. The van der Waals surface area contributed by atoms with Crippen LogP contribution in [0.3, 0.4) is 0 Å². The highest BCUT2D eigenvalue weighted by Gasteiger charge is 2.30. The van der Waals surface area contributed by atoms with Crippen molar-refractivity contribution in [3.63, 3.8) is 0 Å². The van der Waals surface area contributed by atoms with Gasteiger partial charge in [0.15, 0.2) is 0 Å². The average Bonchev–Trinajstić information content (AvgIpc) is 2.28. The SMILES string of the molecule is NS(=O)(=O)N(P)CC1CC(S)CN1P. The van der Waals surface area contributed by atoms with Gasteiger partial charge < -0.3 is 0 Å². The number of nitrogens with two attached hydrogens (primary N) is 1. The first-order valence-corrected chi connectivity index (χ1v) is 7.10. The zero-order valence-corrected chi connectivity index (χ0v) is 11.6. The molecule has 4 atom stereocenters. The first-order chi connectivity index (χ1) is 6.30. The van der Waals surface area contributed by atoms with E-state index in [0.717, 1.165) is 17.0 Å². The summed E-state index contributed by atoms with van der Waals surface area (Å²) in [7, 11) is 1.11. The monoisotopic (exact) mass is 275 g/mol. The number of hydrogen-bond donors (Lipinski definition) is 2. The molecule has 0 saturated carbocycles. The Hall–Kier alpha value is 1.04. The first kappa shape index (κ1) is 13.1. The van der Waals surface area contributed by atoms with Gasteiger partial charge in [-0.05, 0) is 15.8 Å². The van der Waals surface area contributed by atoms with Gasteiger partial charge in [0, 0.05) is 24.4 Å². The average molecular weight is 275 g/mol.